The lowest BCUT2D eigenvalue weighted by atomic mass is 9.92. The summed E-state index contributed by atoms with van der Waals surface area (Å²) in [6.45, 7) is 0.119. The molecule has 32 heavy (non-hydrogen) atoms. The molecule has 5 nitrogen and oxygen atoms in total. The summed E-state index contributed by atoms with van der Waals surface area (Å²) >= 11 is 18.5. The van der Waals surface area contributed by atoms with Crippen LogP contribution in [0.1, 0.15) is 11.1 Å². The quantitative estimate of drug-likeness (QED) is 0.318. The van der Waals surface area contributed by atoms with Gasteiger partial charge in [-0.05, 0) is 60.2 Å². The monoisotopic (exact) mass is 485 g/mol. The Morgan fingerprint density at radius 2 is 1.56 bits per heavy atom. The highest BCUT2D eigenvalue weighted by molar-refractivity contribution is 6.31. The number of benzene rings is 3. The van der Waals surface area contributed by atoms with E-state index in [-0.39, 0.29) is 6.54 Å². The lowest BCUT2D eigenvalue weighted by molar-refractivity contribution is 0.0664. The van der Waals surface area contributed by atoms with E-state index in [1.165, 1.54) is 12.7 Å². The third-order valence-electron chi connectivity index (χ3n) is 4.75. The molecular weight excluding hydrogens is 469 g/mol. The van der Waals surface area contributed by atoms with Crippen molar-refractivity contribution in [1.82, 2.24) is 14.8 Å². The van der Waals surface area contributed by atoms with Gasteiger partial charge < -0.3 is 9.84 Å². The van der Waals surface area contributed by atoms with Crippen LogP contribution in [0.4, 0.5) is 0 Å². The Bertz CT molecular complexity index is 1210. The van der Waals surface area contributed by atoms with E-state index in [1.807, 2.05) is 18.2 Å². The first kappa shape index (κ1) is 22.4. The number of ether oxygens (including phenoxy) is 1. The molecule has 0 radical (unpaired) electrons. The molecule has 1 aromatic heterocycles. The Hall–Kier alpha value is -2.83. The average Bonchev–Trinajstić information content (AvgIpc) is 3.28. The Labute approximate surface area is 200 Å². The van der Waals surface area contributed by atoms with E-state index in [1.54, 1.807) is 65.4 Å². The maximum Gasteiger partial charge on any atom is 0.137 e. The van der Waals surface area contributed by atoms with Crippen molar-refractivity contribution in [3.8, 4) is 11.5 Å². The van der Waals surface area contributed by atoms with E-state index in [4.69, 9.17) is 39.5 Å². The van der Waals surface area contributed by atoms with Crippen LogP contribution in [0, 0.1) is 0 Å². The van der Waals surface area contributed by atoms with E-state index < -0.39 is 5.60 Å². The third-order valence-corrected chi connectivity index (χ3v) is 5.56. The largest absolute Gasteiger partial charge is 0.457 e. The topological polar surface area (TPSA) is 60.2 Å². The third kappa shape index (κ3) is 5.50. The fraction of sp³-hybridized carbons (Fsp3) is 0.0833. The van der Waals surface area contributed by atoms with Crippen LogP contribution in [-0.4, -0.2) is 19.9 Å². The van der Waals surface area contributed by atoms with Crippen LogP contribution in [0.3, 0.4) is 0 Å². The lowest BCUT2D eigenvalue weighted by Crippen LogP contribution is -2.30. The summed E-state index contributed by atoms with van der Waals surface area (Å²) in [5.41, 5.74) is -0.0722. The van der Waals surface area contributed by atoms with Crippen LogP contribution in [0.5, 0.6) is 11.5 Å². The Morgan fingerprint density at radius 1 is 0.906 bits per heavy atom. The van der Waals surface area contributed by atoms with Gasteiger partial charge >= 0.3 is 0 Å². The zero-order chi connectivity index (χ0) is 22.6. The van der Waals surface area contributed by atoms with Gasteiger partial charge in [-0.15, -0.1) is 0 Å². The molecule has 4 rings (SSSR count). The zero-order valence-corrected chi connectivity index (χ0v) is 19.0. The fourth-order valence-electron chi connectivity index (χ4n) is 3.15. The predicted molar refractivity (Wildman–Crippen MR) is 127 cm³/mol. The molecular formula is C24H18Cl3N3O2. The van der Waals surface area contributed by atoms with Gasteiger partial charge in [0.25, 0.3) is 0 Å². The van der Waals surface area contributed by atoms with Gasteiger partial charge in [0, 0.05) is 15.6 Å². The number of rotatable bonds is 7. The molecule has 8 heteroatoms. The van der Waals surface area contributed by atoms with Crippen molar-refractivity contribution in [2.45, 2.75) is 12.1 Å². The molecule has 0 aliphatic carbocycles. The Morgan fingerprint density at radius 3 is 2.19 bits per heavy atom. The normalized spacial score (nSPS) is 13.2. The number of hydrogen-bond donors (Lipinski definition) is 1. The molecule has 1 heterocycles. The zero-order valence-electron chi connectivity index (χ0n) is 16.7. The molecule has 0 fully saturated rings. The highest BCUT2D eigenvalue weighted by Crippen LogP contribution is 2.35. The van der Waals surface area contributed by atoms with Crippen molar-refractivity contribution >= 4 is 40.9 Å². The smallest absolute Gasteiger partial charge is 0.137 e. The number of nitrogens with zero attached hydrogens (tertiary/aromatic N) is 3. The molecule has 0 aliphatic heterocycles. The first-order valence-corrected chi connectivity index (χ1v) is 10.8. The van der Waals surface area contributed by atoms with E-state index in [2.05, 4.69) is 10.1 Å². The molecule has 0 spiro atoms. The second kappa shape index (κ2) is 9.76. The highest BCUT2D eigenvalue weighted by atomic mass is 35.5. The molecule has 0 saturated heterocycles. The minimum absolute atomic E-state index is 0.119. The molecule has 0 bridgehead atoms. The minimum atomic E-state index is -1.46. The molecule has 0 saturated carbocycles. The van der Waals surface area contributed by atoms with Crippen LogP contribution in [0.2, 0.25) is 15.1 Å². The van der Waals surface area contributed by atoms with E-state index in [9.17, 15) is 5.11 Å². The van der Waals surface area contributed by atoms with Crippen LogP contribution in [0.15, 0.2) is 85.5 Å². The van der Waals surface area contributed by atoms with E-state index in [0.717, 1.165) is 5.56 Å². The summed E-state index contributed by atoms with van der Waals surface area (Å²) in [7, 11) is 0. The fourth-order valence-corrected chi connectivity index (χ4v) is 3.73. The summed E-state index contributed by atoms with van der Waals surface area (Å²) in [5, 5.41) is 17.3. The van der Waals surface area contributed by atoms with E-state index >= 15 is 0 Å². The van der Waals surface area contributed by atoms with Crippen LogP contribution >= 0.6 is 34.8 Å². The minimum Gasteiger partial charge on any atom is -0.457 e. The highest BCUT2D eigenvalue weighted by Gasteiger charge is 2.30. The van der Waals surface area contributed by atoms with Gasteiger partial charge in [-0.25, -0.2) is 9.67 Å². The van der Waals surface area contributed by atoms with Crippen molar-refractivity contribution in [3.63, 3.8) is 0 Å². The van der Waals surface area contributed by atoms with Crippen molar-refractivity contribution in [1.29, 1.82) is 0 Å². The first-order valence-electron chi connectivity index (χ1n) is 9.64. The molecule has 0 amide bonds. The molecule has 1 N–H and O–H groups in total. The second-order valence-electron chi connectivity index (χ2n) is 7.10. The Balaban J connectivity index is 1.65. The molecule has 3 aromatic carbocycles. The number of aromatic nitrogens is 3. The van der Waals surface area contributed by atoms with Crippen LogP contribution in [-0.2, 0) is 12.1 Å². The van der Waals surface area contributed by atoms with Gasteiger partial charge in [0.15, 0.2) is 0 Å². The van der Waals surface area contributed by atoms with Gasteiger partial charge in [0.1, 0.15) is 29.8 Å². The summed E-state index contributed by atoms with van der Waals surface area (Å²) < 4.78 is 7.39. The standard InChI is InChI=1S/C24H18Cl3N3O2/c25-18-3-1-17(2-4-18)11-12-24(31,14-30-16-28-15-29-30)22-10-9-21(13-23(22)27)32-20-7-5-19(26)6-8-20/h1-13,15-16,31H,14H2/b12-11+. The molecule has 0 aliphatic rings. The van der Waals surface area contributed by atoms with Crippen molar-refractivity contribution in [2.75, 3.05) is 0 Å². The predicted octanol–water partition coefficient (Wildman–Crippen LogP) is 6.63. The first-order chi connectivity index (χ1) is 15.4. The maximum atomic E-state index is 11.6. The van der Waals surface area contributed by atoms with Gasteiger partial charge in [-0.3, -0.25) is 0 Å². The SMILES string of the molecule is OC(/C=C/c1ccc(Cl)cc1)(Cn1cncn1)c1ccc(Oc2ccc(Cl)cc2)cc1Cl. The van der Waals surface area contributed by atoms with Gasteiger partial charge in [0.2, 0.25) is 0 Å². The van der Waals surface area contributed by atoms with Crippen LogP contribution < -0.4 is 4.74 Å². The second-order valence-corrected chi connectivity index (χ2v) is 8.38. The maximum absolute atomic E-state index is 11.6. The Kier molecular flexibility index (Phi) is 6.82. The molecule has 1 atom stereocenters. The van der Waals surface area contributed by atoms with Gasteiger partial charge in [-0.2, -0.15) is 5.10 Å². The van der Waals surface area contributed by atoms with Crippen molar-refractivity contribution in [2.24, 2.45) is 0 Å². The summed E-state index contributed by atoms with van der Waals surface area (Å²) in [6, 6.07) is 19.4. The van der Waals surface area contributed by atoms with Crippen molar-refractivity contribution < 1.29 is 9.84 Å². The number of hydrogen-bond acceptors (Lipinski definition) is 4. The average molecular weight is 487 g/mol. The molecule has 162 valence electrons. The lowest BCUT2D eigenvalue weighted by Gasteiger charge is -2.26. The number of aliphatic hydroxyl groups is 1. The van der Waals surface area contributed by atoms with Gasteiger partial charge in [-0.1, -0.05) is 59.1 Å². The molecule has 4 aromatic rings. The summed E-state index contributed by atoms with van der Waals surface area (Å²) in [6.07, 6.45) is 6.43. The molecule has 1 unspecified atom stereocenters. The van der Waals surface area contributed by atoms with Crippen LogP contribution in [0.25, 0.3) is 6.08 Å². The van der Waals surface area contributed by atoms with Gasteiger partial charge in [0.05, 0.1) is 11.6 Å². The summed E-state index contributed by atoms with van der Waals surface area (Å²) in [5.74, 6) is 1.16. The van der Waals surface area contributed by atoms with E-state index in [0.29, 0.717) is 32.1 Å². The van der Waals surface area contributed by atoms with Crippen molar-refractivity contribution in [3.05, 3.63) is 112 Å². The summed E-state index contributed by atoms with van der Waals surface area (Å²) in [4.78, 5) is 3.96. The number of halogens is 3.